The van der Waals surface area contributed by atoms with E-state index in [-0.39, 0.29) is 6.61 Å². The van der Waals surface area contributed by atoms with Gasteiger partial charge in [-0.25, -0.2) is 0 Å². The number of rotatable bonds is 3. The average Bonchev–Trinajstić information content (AvgIpc) is 2.69. The summed E-state index contributed by atoms with van der Waals surface area (Å²) in [5, 5.41) is 13.1. The van der Waals surface area contributed by atoms with E-state index in [9.17, 15) is 0 Å². The Kier molecular flexibility index (Phi) is 2.43. The van der Waals surface area contributed by atoms with Gasteiger partial charge in [0.1, 0.15) is 5.82 Å². The maximum Gasteiger partial charge on any atom is 0.150 e. The number of anilines is 1. The number of nitrogen functional groups attached to an aromatic ring is 1. The van der Waals surface area contributed by atoms with Gasteiger partial charge >= 0.3 is 0 Å². The first-order valence-corrected chi connectivity index (χ1v) is 4.93. The molecule has 78 valence electrons. The molecule has 5 heteroatoms. The summed E-state index contributed by atoms with van der Waals surface area (Å²) >= 11 is 0. The van der Waals surface area contributed by atoms with Gasteiger partial charge < -0.3 is 10.8 Å². The zero-order valence-electron chi connectivity index (χ0n) is 8.40. The fourth-order valence-corrected chi connectivity index (χ4v) is 1.90. The van der Waals surface area contributed by atoms with Gasteiger partial charge in [0.05, 0.1) is 18.8 Å². The van der Waals surface area contributed by atoms with Crippen LogP contribution in [0.1, 0.15) is 18.2 Å². The lowest BCUT2D eigenvalue weighted by Gasteiger charge is -2.11. The van der Waals surface area contributed by atoms with Crippen molar-refractivity contribution < 1.29 is 5.11 Å². The Bertz CT molecular complexity index is 334. The van der Waals surface area contributed by atoms with Gasteiger partial charge in [0.25, 0.3) is 0 Å². The Hall–Kier alpha value is -1.07. The van der Waals surface area contributed by atoms with E-state index < -0.39 is 0 Å². The molecule has 2 heterocycles. The summed E-state index contributed by atoms with van der Waals surface area (Å²) in [7, 11) is 0. The maximum atomic E-state index is 8.87. The molecule has 0 aliphatic carbocycles. The van der Waals surface area contributed by atoms with Crippen LogP contribution in [0, 0.1) is 0 Å². The largest absolute Gasteiger partial charge is 0.394 e. The van der Waals surface area contributed by atoms with E-state index in [0.29, 0.717) is 12.4 Å². The molecule has 0 atom stereocenters. The fraction of sp³-hybridized carbons (Fsp3) is 0.667. The number of aliphatic hydroxyl groups excluding tert-OH is 1. The second-order valence-corrected chi connectivity index (χ2v) is 3.56. The normalized spacial score (nSPS) is 16.1. The van der Waals surface area contributed by atoms with Crippen LogP contribution < -0.4 is 5.73 Å². The number of aliphatic hydroxyl groups is 1. The summed E-state index contributed by atoms with van der Waals surface area (Å²) < 4.78 is 1.82. The molecule has 0 saturated heterocycles. The zero-order chi connectivity index (χ0) is 10.1. The van der Waals surface area contributed by atoms with Gasteiger partial charge in [0.2, 0.25) is 0 Å². The summed E-state index contributed by atoms with van der Waals surface area (Å²) in [5.74, 6) is 0.615. The van der Waals surface area contributed by atoms with Gasteiger partial charge in [-0.3, -0.25) is 9.58 Å². The van der Waals surface area contributed by atoms with Crippen molar-refractivity contribution in [3.8, 4) is 0 Å². The fourth-order valence-electron chi connectivity index (χ4n) is 1.90. The second-order valence-electron chi connectivity index (χ2n) is 3.56. The number of hydrogen-bond donors (Lipinski definition) is 2. The van der Waals surface area contributed by atoms with Gasteiger partial charge in [0, 0.05) is 18.7 Å². The molecule has 0 spiro atoms. The van der Waals surface area contributed by atoms with Crippen molar-refractivity contribution in [3.63, 3.8) is 0 Å². The monoisotopic (exact) mass is 196 g/mol. The Morgan fingerprint density at radius 2 is 2.29 bits per heavy atom. The quantitative estimate of drug-likeness (QED) is 0.702. The van der Waals surface area contributed by atoms with E-state index in [1.165, 1.54) is 5.69 Å². The van der Waals surface area contributed by atoms with Crippen molar-refractivity contribution in [1.29, 1.82) is 0 Å². The van der Waals surface area contributed by atoms with E-state index in [1.807, 2.05) is 4.68 Å². The molecule has 0 aromatic carbocycles. The lowest BCUT2D eigenvalue weighted by atomic mass is 10.3. The van der Waals surface area contributed by atoms with E-state index in [2.05, 4.69) is 16.9 Å². The summed E-state index contributed by atoms with van der Waals surface area (Å²) in [6, 6.07) is 0. The lowest BCUT2D eigenvalue weighted by Crippen LogP contribution is -2.18. The van der Waals surface area contributed by atoms with Crippen molar-refractivity contribution >= 4 is 5.82 Å². The van der Waals surface area contributed by atoms with Crippen LogP contribution in [-0.2, 0) is 19.6 Å². The molecule has 0 amide bonds. The molecule has 0 fully saturated rings. The lowest BCUT2D eigenvalue weighted by molar-refractivity contribution is 0.258. The number of hydrogen-bond acceptors (Lipinski definition) is 4. The van der Waals surface area contributed by atoms with E-state index in [4.69, 9.17) is 10.8 Å². The highest BCUT2D eigenvalue weighted by Gasteiger charge is 2.25. The van der Waals surface area contributed by atoms with Crippen molar-refractivity contribution in [2.24, 2.45) is 0 Å². The molecule has 1 aromatic rings. The van der Waals surface area contributed by atoms with Gasteiger partial charge in [-0.2, -0.15) is 5.10 Å². The number of fused-ring (bicyclic) bond motifs is 1. The minimum absolute atomic E-state index is 0.111. The summed E-state index contributed by atoms with van der Waals surface area (Å²) in [4.78, 5) is 2.30. The Morgan fingerprint density at radius 3 is 2.93 bits per heavy atom. The van der Waals surface area contributed by atoms with Crippen LogP contribution in [0.5, 0.6) is 0 Å². The molecular weight excluding hydrogens is 180 g/mol. The molecule has 3 N–H and O–H groups in total. The van der Waals surface area contributed by atoms with Crippen LogP contribution in [0.25, 0.3) is 0 Å². The summed E-state index contributed by atoms with van der Waals surface area (Å²) in [6.45, 7) is 5.59. The maximum absolute atomic E-state index is 8.87. The predicted molar refractivity (Wildman–Crippen MR) is 53.5 cm³/mol. The zero-order valence-corrected chi connectivity index (χ0v) is 8.40. The van der Waals surface area contributed by atoms with Gasteiger partial charge in [-0.15, -0.1) is 0 Å². The highest BCUT2D eigenvalue weighted by atomic mass is 16.3. The molecule has 14 heavy (non-hydrogen) atoms. The summed E-state index contributed by atoms with van der Waals surface area (Å²) in [6.07, 6.45) is 0. The Labute approximate surface area is 83.1 Å². The van der Waals surface area contributed by atoms with E-state index >= 15 is 0 Å². The number of aromatic nitrogens is 2. The van der Waals surface area contributed by atoms with Crippen LogP contribution in [-0.4, -0.2) is 32.9 Å². The molecule has 2 rings (SSSR count). The minimum atomic E-state index is 0.111. The average molecular weight is 196 g/mol. The molecular formula is C9H16N4O. The first kappa shape index (κ1) is 9.48. The van der Waals surface area contributed by atoms with Crippen molar-refractivity contribution in [2.75, 3.05) is 18.9 Å². The van der Waals surface area contributed by atoms with Gasteiger partial charge in [-0.1, -0.05) is 6.92 Å². The summed E-state index contributed by atoms with van der Waals surface area (Å²) in [5.41, 5.74) is 8.10. The van der Waals surface area contributed by atoms with Crippen LogP contribution in [0.2, 0.25) is 0 Å². The smallest absolute Gasteiger partial charge is 0.150 e. The Balaban J connectivity index is 2.27. The third-order valence-corrected chi connectivity index (χ3v) is 2.71. The molecule has 1 aliphatic rings. The highest BCUT2D eigenvalue weighted by molar-refractivity contribution is 5.44. The van der Waals surface area contributed by atoms with Crippen LogP contribution in [0.15, 0.2) is 0 Å². The molecule has 0 saturated carbocycles. The molecule has 0 unspecified atom stereocenters. The van der Waals surface area contributed by atoms with Crippen molar-refractivity contribution in [1.82, 2.24) is 14.7 Å². The van der Waals surface area contributed by atoms with Crippen LogP contribution >= 0.6 is 0 Å². The SMILES string of the molecule is CCN1Cc2c(N)nn(CCO)c2C1. The van der Waals surface area contributed by atoms with Gasteiger partial charge in [-0.05, 0) is 6.54 Å². The molecule has 5 nitrogen and oxygen atoms in total. The second kappa shape index (κ2) is 3.59. The molecule has 0 radical (unpaired) electrons. The molecule has 1 aliphatic heterocycles. The minimum Gasteiger partial charge on any atom is -0.394 e. The van der Waals surface area contributed by atoms with E-state index in [1.54, 1.807) is 0 Å². The molecule has 0 bridgehead atoms. The third-order valence-electron chi connectivity index (χ3n) is 2.71. The standard InChI is InChI=1S/C9H16N4O/c1-2-12-5-7-8(6-12)13(3-4-14)11-9(7)10/h14H,2-6H2,1H3,(H2,10,11). The number of nitrogens with two attached hydrogens (primary N) is 1. The molecule has 1 aromatic heterocycles. The first-order chi connectivity index (χ1) is 6.76. The van der Waals surface area contributed by atoms with Crippen molar-refractivity contribution in [2.45, 2.75) is 26.6 Å². The topological polar surface area (TPSA) is 67.3 Å². The van der Waals surface area contributed by atoms with Crippen molar-refractivity contribution in [3.05, 3.63) is 11.3 Å². The van der Waals surface area contributed by atoms with E-state index in [0.717, 1.165) is 25.2 Å². The first-order valence-electron chi connectivity index (χ1n) is 4.93. The number of nitrogens with zero attached hydrogens (tertiary/aromatic N) is 3. The van der Waals surface area contributed by atoms with Crippen LogP contribution in [0.3, 0.4) is 0 Å². The highest BCUT2D eigenvalue weighted by Crippen LogP contribution is 2.26. The predicted octanol–water partition coefficient (Wildman–Crippen LogP) is -0.207. The van der Waals surface area contributed by atoms with Crippen LogP contribution in [0.4, 0.5) is 5.82 Å². The third kappa shape index (κ3) is 1.38. The Morgan fingerprint density at radius 1 is 1.50 bits per heavy atom. The van der Waals surface area contributed by atoms with Gasteiger partial charge in [0.15, 0.2) is 0 Å².